The molecule has 0 radical (unpaired) electrons. The molecule has 4 nitrogen and oxygen atoms in total. The summed E-state index contributed by atoms with van der Waals surface area (Å²) >= 11 is 0. The summed E-state index contributed by atoms with van der Waals surface area (Å²) in [4.78, 5) is 0.0387. The summed E-state index contributed by atoms with van der Waals surface area (Å²) in [6.07, 6.45) is 0.870. The first-order valence-corrected chi connectivity index (χ1v) is 5.19. The van der Waals surface area contributed by atoms with E-state index in [9.17, 15) is 8.42 Å². The number of benzene rings is 1. The molecule has 5 heteroatoms. The topological polar surface area (TPSA) is 52.6 Å². The maximum Gasteiger partial charge on any atom is 0.338 e. The molecule has 0 amide bonds. The Bertz CT molecular complexity index is 422. The van der Waals surface area contributed by atoms with Gasteiger partial charge in [0.05, 0.1) is 13.4 Å². The SMILES string of the molecule is C=COS(=O)(=O)c1cccc(OC)c1. The molecule has 0 bridgehead atoms. The predicted octanol–water partition coefficient (Wildman–Crippen LogP) is 1.54. The Balaban J connectivity index is 3.12. The molecule has 0 fully saturated rings. The van der Waals surface area contributed by atoms with Crippen LogP contribution in [0.15, 0.2) is 42.0 Å². The molecule has 1 rings (SSSR count). The van der Waals surface area contributed by atoms with Gasteiger partial charge in [-0.05, 0) is 12.1 Å². The van der Waals surface area contributed by atoms with Crippen molar-refractivity contribution in [3.63, 3.8) is 0 Å². The van der Waals surface area contributed by atoms with Gasteiger partial charge in [0.15, 0.2) is 0 Å². The van der Waals surface area contributed by atoms with Gasteiger partial charge in [0, 0.05) is 6.07 Å². The Morgan fingerprint density at radius 2 is 2.14 bits per heavy atom. The quantitative estimate of drug-likeness (QED) is 0.563. The Labute approximate surface area is 82.9 Å². The molecule has 0 aliphatic carbocycles. The highest BCUT2D eigenvalue weighted by Crippen LogP contribution is 2.18. The van der Waals surface area contributed by atoms with Crippen molar-refractivity contribution in [2.45, 2.75) is 4.90 Å². The van der Waals surface area contributed by atoms with Gasteiger partial charge in [0.1, 0.15) is 10.6 Å². The van der Waals surface area contributed by atoms with Crippen LogP contribution in [0.4, 0.5) is 0 Å². The van der Waals surface area contributed by atoms with Crippen LogP contribution in [0.2, 0.25) is 0 Å². The molecule has 0 aliphatic rings. The highest BCUT2D eigenvalue weighted by molar-refractivity contribution is 7.86. The molecule has 1 aromatic carbocycles. The van der Waals surface area contributed by atoms with Crippen LogP contribution in [0.1, 0.15) is 0 Å². The summed E-state index contributed by atoms with van der Waals surface area (Å²) in [5.74, 6) is 0.457. The molecule has 76 valence electrons. The second kappa shape index (κ2) is 4.15. The third kappa shape index (κ3) is 2.26. The van der Waals surface area contributed by atoms with E-state index >= 15 is 0 Å². The molecule has 0 N–H and O–H groups in total. The summed E-state index contributed by atoms with van der Waals surface area (Å²) in [6.45, 7) is 3.18. The van der Waals surface area contributed by atoms with Gasteiger partial charge in [0.25, 0.3) is 0 Å². The zero-order valence-corrected chi connectivity index (χ0v) is 8.45. The first-order chi connectivity index (χ1) is 6.60. The first-order valence-electron chi connectivity index (χ1n) is 3.78. The van der Waals surface area contributed by atoms with Crippen LogP contribution >= 0.6 is 0 Å². The second-order valence-corrected chi connectivity index (χ2v) is 3.97. The lowest BCUT2D eigenvalue weighted by atomic mass is 10.3. The van der Waals surface area contributed by atoms with E-state index < -0.39 is 10.1 Å². The van der Waals surface area contributed by atoms with E-state index in [4.69, 9.17) is 4.74 Å². The molecule has 0 heterocycles. The van der Waals surface area contributed by atoms with E-state index in [-0.39, 0.29) is 4.90 Å². The van der Waals surface area contributed by atoms with Crippen molar-refractivity contribution in [3.8, 4) is 5.75 Å². The van der Waals surface area contributed by atoms with Crippen LogP contribution < -0.4 is 4.74 Å². The van der Waals surface area contributed by atoms with Gasteiger partial charge in [0.2, 0.25) is 0 Å². The average Bonchev–Trinajstić information content (AvgIpc) is 2.18. The zero-order valence-electron chi connectivity index (χ0n) is 7.64. The number of hydrogen-bond donors (Lipinski definition) is 0. The normalized spacial score (nSPS) is 10.6. The summed E-state index contributed by atoms with van der Waals surface area (Å²) < 4.78 is 32.0. The lowest BCUT2D eigenvalue weighted by Gasteiger charge is -2.04. The van der Waals surface area contributed by atoms with E-state index in [0.717, 1.165) is 6.26 Å². The summed E-state index contributed by atoms with van der Waals surface area (Å²) in [5, 5.41) is 0. The fourth-order valence-corrected chi connectivity index (χ4v) is 1.70. The zero-order chi connectivity index (χ0) is 10.6. The largest absolute Gasteiger partial charge is 0.497 e. The average molecular weight is 214 g/mol. The van der Waals surface area contributed by atoms with Gasteiger partial charge < -0.3 is 8.92 Å². The molecule has 0 unspecified atom stereocenters. The molecule has 0 saturated heterocycles. The van der Waals surface area contributed by atoms with E-state index in [1.807, 2.05) is 0 Å². The molecule has 0 atom stereocenters. The standard InChI is InChI=1S/C9H10O4S/c1-3-13-14(10,11)9-6-4-5-8(7-9)12-2/h3-7H,1H2,2H3. The molecule has 0 aliphatic heterocycles. The third-order valence-corrected chi connectivity index (χ3v) is 2.75. The maximum absolute atomic E-state index is 11.4. The van der Waals surface area contributed by atoms with Gasteiger partial charge in [-0.25, -0.2) is 0 Å². The van der Waals surface area contributed by atoms with Crippen molar-refractivity contribution in [3.05, 3.63) is 37.1 Å². The van der Waals surface area contributed by atoms with Crippen LogP contribution in [0.5, 0.6) is 5.75 Å². The molecule has 0 saturated carbocycles. The Morgan fingerprint density at radius 1 is 1.43 bits per heavy atom. The first kappa shape index (κ1) is 10.6. The van der Waals surface area contributed by atoms with E-state index in [1.165, 1.54) is 19.2 Å². The predicted molar refractivity (Wildman–Crippen MR) is 51.5 cm³/mol. The van der Waals surface area contributed by atoms with Gasteiger partial charge >= 0.3 is 10.1 Å². The maximum atomic E-state index is 11.4. The molecule has 0 spiro atoms. The van der Waals surface area contributed by atoms with Crippen molar-refractivity contribution in [1.82, 2.24) is 0 Å². The van der Waals surface area contributed by atoms with Crippen molar-refractivity contribution in [1.29, 1.82) is 0 Å². The third-order valence-electron chi connectivity index (χ3n) is 1.52. The number of ether oxygens (including phenoxy) is 1. The van der Waals surface area contributed by atoms with Crippen molar-refractivity contribution < 1.29 is 17.3 Å². The lowest BCUT2D eigenvalue weighted by molar-refractivity contribution is 0.411. The monoisotopic (exact) mass is 214 g/mol. The highest BCUT2D eigenvalue weighted by atomic mass is 32.2. The molecular weight excluding hydrogens is 204 g/mol. The lowest BCUT2D eigenvalue weighted by Crippen LogP contribution is -2.01. The van der Waals surface area contributed by atoms with E-state index in [1.54, 1.807) is 12.1 Å². The van der Waals surface area contributed by atoms with E-state index in [2.05, 4.69) is 10.8 Å². The Kier molecular flexibility index (Phi) is 3.14. The van der Waals surface area contributed by atoms with Crippen LogP contribution in [0.25, 0.3) is 0 Å². The summed E-state index contributed by atoms with van der Waals surface area (Å²) in [7, 11) is -2.28. The summed E-state index contributed by atoms with van der Waals surface area (Å²) in [5.41, 5.74) is 0. The minimum atomic E-state index is -3.74. The molecular formula is C9H10O4S. The van der Waals surface area contributed by atoms with Gasteiger partial charge in [-0.2, -0.15) is 8.42 Å². The highest BCUT2D eigenvalue weighted by Gasteiger charge is 2.14. The molecule has 1 aromatic rings. The fourth-order valence-electron chi connectivity index (χ4n) is 0.902. The smallest absolute Gasteiger partial charge is 0.338 e. The van der Waals surface area contributed by atoms with Gasteiger partial charge in [-0.15, -0.1) is 0 Å². The van der Waals surface area contributed by atoms with Crippen LogP contribution in [0, 0.1) is 0 Å². The van der Waals surface area contributed by atoms with Crippen LogP contribution in [-0.4, -0.2) is 15.5 Å². The number of hydrogen-bond acceptors (Lipinski definition) is 4. The van der Waals surface area contributed by atoms with Gasteiger partial charge in [-0.1, -0.05) is 12.6 Å². The minimum absolute atomic E-state index is 0.0387. The van der Waals surface area contributed by atoms with Crippen LogP contribution in [0.3, 0.4) is 0 Å². The van der Waals surface area contributed by atoms with Gasteiger partial charge in [-0.3, -0.25) is 0 Å². The van der Waals surface area contributed by atoms with Crippen molar-refractivity contribution in [2.24, 2.45) is 0 Å². The number of rotatable bonds is 4. The van der Waals surface area contributed by atoms with Crippen LogP contribution in [-0.2, 0) is 14.3 Å². The minimum Gasteiger partial charge on any atom is -0.497 e. The number of methoxy groups -OCH3 is 1. The van der Waals surface area contributed by atoms with Crippen molar-refractivity contribution >= 4 is 10.1 Å². The Morgan fingerprint density at radius 3 is 2.71 bits per heavy atom. The second-order valence-electron chi connectivity index (χ2n) is 2.40. The molecule has 14 heavy (non-hydrogen) atoms. The summed E-state index contributed by atoms with van der Waals surface area (Å²) in [6, 6.07) is 6.01. The van der Waals surface area contributed by atoms with Crippen molar-refractivity contribution in [2.75, 3.05) is 7.11 Å². The van der Waals surface area contributed by atoms with E-state index in [0.29, 0.717) is 5.75 Å². The molecule has 0 aromatic heterocycles. The Hall–Kier alpha value is -1.49. The fraction of sp³-hybridized carbons (Fsp3) is 0.111.